The summed E-state index contributed by atoms with van der Waals surface area (Å²) in [5.74, 6) is -0.747. The third-order valence-corrected chi connectivity index (χ3v) is 4.84. The molecule has 8 heteroatoms. The fraction of sp³-hybridized carbons (Fsp3) is 0.235. The number of benzene rings is 2. The Morgan fingerprint density at radius 1 is 1.16 bits per heavy atom. The lowest BCUT2D eigenvalue weighted by Crippen LogP contribution is -2.27. The van der Waals surface area contributed by atoms with Crippen molar-refractivity contribution in [3.05, 3.63) is 65.5 Å². The maximum Gasteiger partial charge on any atom is 0.251 e. The summed E-state index contributed by atoms with van der Waals surface area (Å²) in [6.45, 7) is 0.601. The molecular formula is C17H19FN2O4S. The lowest BCUT2D eigenvalue weighted by molar-refractivity contribution is 0.0950. The molecule has 0 aromatic heterocycles. The number of hydrogen-bond donors (Lipinski definition) is 2. The van der Waals surface area contributed by atoms with E-state index in [0.29, 0.717) is 11.1 Å². The number of nitrogens with one attached hydrogen (secondary N) is 2. The maximum atomic E-state index is 13.1. The highest BCUT2D eigenvalue weighted by molar-refractivity contribution is 7.89. The average Bonchev–Trinajstić information content (AvgIpc) is 2.60. The summed E-state index contributed by atoms with van der Waals surface area (Å²) in [4.78, 5) is 12.1. The number of carbonyl (C=O) groups excluding carboxylic acids is 1. The highest BCUT2D eigenvalue weighted by Crippen LogP contribution is 2.11. The van der Waals surface area contributed by atoms with Crippen LogP contribution in [0.15, 0.2) is 53.4 Å². The van der Waals surface area contributed by atoms with Crippen molar-refractivity contribution in [2.75, 3.05) is 20.3 Å². The fourth-order valence-corrected chi connectivity index (χ4v) is 3.09. The van der Waals surface area contributed by atoms with Gasteiger partial charge in [0.2, 0.25) is 10.0 Å². The first-order chi connectivity index (χ1) is 11.9. The molecule has 25 heavy (non-hydrogen) atoms. The first kappa shape index (κ1) is 19.0. The molecule has 0 aliphatic heterocycles. The van der Waals surface area contributed by atoms with E-state index in [9.17, 15) is 17.6 Å². The Labute approximate surface area is 146 Å². The molecule has 0 unspecified atom stereocenters. The molecule has 0 heterocycles. The van der Waals surface area contributed by atoms with Crippen molar-refractivity contribution in [2.45, 2.75) is 11.4 Å². The quantitative estimate of drug-likeness (QED) is 0.696. The molecule has 0 aliphatic rings. The van der Waals surface area contributed by atoms with E-state index in [1.165, 1.54) is 43.5 Å². The Morgan fingerprint density at radius 2 is 1.88 bits per heavy atom. The van der Waals surface area contributed by atoms with E-state index in [0.717, 1.165) is 0 Å². The third kappa shape index (κ3) is 5.63. The molecule has 1 amide bonds. The van der Waals surface area contributed by atoms with E-state index >= 15 is 0 Å². The Morgan fingerprint density at radius 3 is 2.52 bits per heavy atom. The highest BCUT2D eigenvalue weighted by Gasteiger charge is 2.14. The van der Waals surface area contributed by atoms with Crippen LogP contribution in [0.2, 0.25) is 0 Å². The molecule has 0 saturated heterocycles. The van der Waals surface area contributed by atoms with Gasteiger partial charge >= 0.3 is 0 Å². The van der Waals surface area contributed by atoms with Crippen molar-refractivity contribution < 1.29 is 22.3 Å². The average molecular weight is 366 g/mol. The molecular weight excluding hydrogens is 347 g/mol. The van der Waals surface area contributed by atoms with Gasteiger partial charge in [-0.05, 0) is 42.0 Å². The van der Waals surface area contributed by atoms with Gasteiger partial charge in [-0.15, -0.1) is 0 Å². The second-order valence-electron chi connectivity index (χ2n) is 5.23. The number of ether oxygens (including phenoxy) is 1. The molecule has 134 valence electrons. The van der Waals surface area contributed by atoms with Gasteiger partial charge < -0.3 is 10.1 Å². The summed E-state index contributed by atoms with van der Waals surface area (Å²) in [7, 11) is -2.16. The standard InChI is InChI=1S/C17H19FN2O4S/c1-24-10-9-20-25(22,23)16-7-5-14(6-8-16)17(21)19-12-13-3-2-4-15(18)11-13/h2-8,11,20H,9-10,12H2,1H3,(H,19,21). The molecule has 0 bridgehead atoms. The summed E-state index contributed by atoms with van der Waals surface area (Å²) in [6, 6.07) is 11.5. The third-order valence-electron chi connectivity index (χ3n) is 3.37. The largest absolute Gasteiger partial charge is 0.383 e. The lowest BCUT2D eigenvalue weighted by atomic mass is 10.2. The lowest BCUT2D eigenvalue weighted by Gasteiger charge is -2.08. The predicted octanol–water partition coefficient (Wildman–Crippen LogP) is 1.68. The molecule has 0 fully saturated rings. The Kier molecular flexibility index (Phi) is 6.63. The monoisotopic (exact) mass is 366 g/mol. The zero-order valence-electron chi connectivity index (χ0n) is 13.7. The van der Waals surface area contributed by atoms with E-state index in [1.807, 2.05) is 0 Å². The molecule has 2 aromatic rings. The van der Waals surface area contributed by atoms with Crippen molar-refractivity contribution in [2.24, 2.45) is 0 Å². The maximum absolute atomic E-state index is 13.1. The van der Waals surface area contributed by atoms with Gasteiger partial charge in [-0.25, -0.2) is 17.5 Å². The van der Waals surface area contributed by atoms with Crippen LogP contribution in [0, 0.1) is 5.82 Å². The summed E-state index contributed by atoms with van der Waals surface area (Å²) in [6.07, 6.45) is 0. The Hall–Kier alpha value is -2.29. The molecule has 0 aliphatic carbocycles. The highest BCUT2D eigenvalue weighted by atomic mass is 32.2. The number of rotatable bonds is 8. The number of hydrogen-bond acceptors (Lipinski definition) is 4. The Bertz CT molecular complexity index is 823. The van der Waals surface area contributed by atoms with Gasteiger partial charge in [-0.1, -0.05) is 12.1 Å². The van der Waals surface area contributed by atoms with Gasteiger partial charge in [0.05, 0.1) is 11.5 Å². The van der Waals surface area contributed by atoms with Gasteiger partial charge in [0, 0.05) is 25.8 Å². The van der Waals surface area contributed by atoms with Gasteiger partial charge in [-0.3, -0.25) is 4.79 Å². The van der Waals surface area contributed by atoms with Crippen molar-refractivity contribution in [3.8, 4) is 0 Å². The van der Waals surface area contributed by atoms with Crippen LogP contribution in [0.1, 0.15) is 15.9 Å². The summed E-state index contributed by atoms with van der Waals surface area (Å²) in [5, 5.41) is 2.66. The first-order valence-corrected chi connectivity index (χ1v) is 9.02. The number of methoxy groups -OCH3 is 1. The molecule has 2 rings (SSSR count). The minimum Gasteiger partial charge on any atom is -0.383 e. The fourth-order valence-electron chi connectivity index (χ4n) is 2.08. The topological polar surface area (TPSA) is 84.5 Å². The van der Waals surface area contributed by atoms with Crippen molar-refractivity contribution in [3.63, 3.8) is 0 Å². The zero-order valence-corrected chi connectivity index (χ0v) is 14.5. The second-order valence-corrected chi connectivity index (χ2v) is 6.99. The van der Waals surface area contributed by atoms with Gasteiger partial charge in [0.1, 0.15) is 5.82 Å². The number of carbonyl (C=O) groups is 1. The van der Waals surface area contributed by atoms with Crippen LogP contribution >= 0.6 is 0 Å². The zero-order chi connectivity index (χ0) is 18.3. The summed E-state index contributed by atoms with van der Waals surface area (Å²) in [5.41, 5.74) is 0.946. The van der Waals surface area contributed by atoms with Crippen LogP contribution in [-0.4, -0.2) is 34.6 Å². The van der Waals surface area contributed by atoms with E-state index in [4.69, 9.17) is 4.74 Å². The molecule has 2 aromatic carbocycles. The SMILES string of the molecule is COCCNS(=O)(=O)c1ccc(C(=O)NCc2cccc(F)c2)cc1. The van der Waals surface area contributed by atoms with Crippen molar-refractivity contribution in [1.29, 1.82) is 0 Å². The van der Waals surface area contributed by atoms with E-state index in [2.05, 4.69) is 10.0 Å². The number of amides is 1. The van der Waals surface area contributed by atoms with Crippen molar-refractivity contribution >= 4 is 15.9 Å². The molecule has 6 nitrogen and oxygen atoms in total. The second kappa shape index (κ2) is 8.70. The van der Waals surface area contributed by atoms with Crippen LogP contribution in [0.5, 0.6) is 0 Å². The summed E-state index contributed by atoms with van der Waals surface area (Å²) >= 11 is 0. The molecule has 0 spiro atoms. The molecule has 2 N–H and O–H groups in total. The molecule has 0 radical (unpaired) electrons. The smallest absolute Gasteiger partial charge is 0.251 e. The van der Waals surface area contributed by atoms with Crippen LogP contribution in [-0.2, 0) is 21.3 Å². The van der Waals surface area contributed by atoms with Crippen molar-refractivity contribution in [1.82, 2.24) is 10.0 Å². The van der Waals surface area contributed by atoms with Gasteiger partial charge in [-0.2, -0.15) is 0 Å². The summed E-state index contributed by atoms with van der Waals surface area (Å²) < 4.78 is 44.3. The first-order valence-electron chi connectivity index (χ1n) is 7.54. The van der Waals surface area contributed by atoms with E-state index in [-0.39, 0.29) is 36.3 Å². The molecule has 0 saturated carbocycles. The van der Waals surface area contributed by atoms with Gasteiger partial charge in [0.25, 0.3) is 5.91 Å². The molecule has 0 atom stereocenters. The minimum atomic E-state index is -3.64. The van der Waals surface area contributed by atoms with Crippen LogP contribution in [0.4, 0.5) is 4.39 Å². The van der Waals surface area contributed by atoms with E-state index in [1.54, 1.807) is 12.1 Å². The van der Waals surface area contributed by atoms with E-state index < -0.39 is 10.0 Å². The number of halogens is 1. The van der Waals surface area contributed by atoms with Gasteiger partial charge in [0.15, 0.2) is 0 Å². The predicted molar refractivity (Wildman–Crippen MR) is 91.1 cm³/mol. The Balaban J connectivity index is 1.98. The van der Waals surface area contributed by atoms with Crippen LogP contribution in [0.3, 0.4) is 0 Å². The minimum absolute atomic E-state index is 0.0604. The normalized spacial score (nSPS) is 11.3. The number of sulfonamides is 1. The van der Waals surface area contributed by atoms with Crippen LogP contribution < -0.4 is 10.0 Å². The van der Waals surface area contributed by atoms with Crippen LogP contribution in [0.25, 0.3) is 0 Å².